The highest BCUT2D eigenvalue weighted by molar-refractivity contribution is 5.85. The Bertz CT molecular complexity index is 241. The minimum absolute atomic E-state index is 0.102. The van der Waals surface area contributed by atoms with E-state index in [1.165, 1.54) is 0 Å². The van der Waals surface area contributed by atoms with Gasteiger partial charge in [-0.3, -0.25) is 4.79 Å². The molecule has 1 aromatic heterocycles. The van der Waals surface area contributed by atoms with Gasteiger partial charge in [-0.2, -0.15) is 0 Å². The minimum Gasteiger partial charge on any atom is -0.469 e. The van der Waals surface area contributed by atoms with Crippen LogP contribution in [-0.4, -0.2) is 18.9 Å². The Kier molecular flexibility index (Phi) is 3.05. The van der Waals surface area contributed by atoms with Crippen molar-refractivity contribution in [1.82, 2.24) is 5.32 Å². The van der Waals surface area contributed by atoms with Crippen LogP contribution in [-0.2, 0) is 11.2 Å². The molecule has 0 spiro atoms. The van der Waals surface area contributed by atoms with Crippen LogP contribution in [0.4, 0.5) is 0 Å². The maximum absolute atomic E-state index is 11.3. The van der Waals surface area contributed by atoms with E-state index in [2.05, 4.69) is 5.32 Å². The van der Waals surface area contributed by atoms with Crippen LogP contribution in [0.25, 0.3) is 0 Å². The molecule has 0 fully saturated rings. The molecule has 0 saturated carbocycles. The highest BCUT2D eigenvalue weighted by Crippen LogP contribution is 2.02. The zero-order valence-corrected chi connectivity index (χ0v) is 7.33. The standard InChI is InChI=1S/C9H13NO2/c1-7(10-2)9(11)6-8-4-3-5-12-8/h3-5,7,10H,6H2,1-2H3. The molecule has 1 atom stereocenters. The highest BCUT2D eigenvalue weighted by Gasteiger charge is 2.11. The van der Waals surface area contributed by atoms with Gasteiger partial charge in [-0.25, -0.2) is 0 Å². The van der Waals surface area contributed by atoms with E-state index >= 15 is 0 Å². The molecule has 0 bridgehead atoms. The summed E-state index contributed by atoms with van der Waals surface area (Å²) in [5.74, 6) is 0.870. The summed E-state index contributed by atoms with van der Waals surface area (Å²) in [4.78, 5) is 11.3. The molecule has 3 nitrogen and oxygen atoms in total. The molecule has 0 amide bonds. The lowest BCUT2D eigenvalue weighted by atomic mass is 10.1. The van der Waals surface area contributed by atoms with Crippen LogP contribution in [0.3, 0.4) is 0 Å². The molecular formula is C9H13NO2. The number of furan rings is 1. The van der Waals surface area contributed by atoms with Crippen molar-refractivity contribution in [1.29, 1.82) is 0 Å². The van der Waals surface area contributed by atoms with Crippen molar-refractivity contribution in [3.05, 3.63) is 24.2 Å². The molecule has 0 aromatic carbocycles. The third-order valence-corrected chi connectivity index (χ3v) is 1.84. The van der Waals surface area contributed by atoms with Gasteiger partial charge < -0.3 is 9.73 Å². The Labute approximate surface area is 71.8 Å². The Hall–Kier alpha value is -1.09. The van der Waals surface area contributed by atoms with Gasteiger partial charge in [0.2, 0.25) is 0 Å². The first-order valence-electron chi connectivity index (χ1n) is 3.96. The second-order valence-corrected chi connectivity index (χ2v) is 2.73. The number of ketones is 1. The molecule has 0 radical (unpaired) electrons. The van der Waals surface area contributed by atoms with Crippen LogP contribution in [0.15, 0.2) is 22.8 Å². The number of Topliss-reactive ketones (excluding diaryl/α,β-unsaturated/α-hetero) is 1. The number of hydrogen-bond donors (Lipinski definition) is 1. The van der Waals surface area contributed by atoms with Gasteiger partial charge in [0.15, 0.2) is 5.78 Å². The number of nitrogens with one attached hydrogen (secondary N) is 1. The van der Waals surface area contributed by atoms with E-state index in [9.17, 15) is 4.79 Å². The van der Waals surface area contributed by atoms with Gasteiger partial charge in [0.1, 0.15) is 5.76 Å². The van der Waals surface area contributed by atoms with Crippen molar-refractivity contribution in [3.63, 3.8) is 0 Å². The number of carbonyl (C=O) groups excluding carboxylic acids is 1. The van der Waals surface area contributed by atoms with Gasteiger partial charge in [0.25, 0.3) is 0 Å². The lowest BCUT2D eigenvalue weighted by Gasteiger charge is -2.06. The van der Waals surface area contributed by atoms with Gasteiger partial charge in [-0.15, -0.1) is 0 Å². The van der Waals surface area contributed by atoms with E-state index in [1.54, 1.807) is 25.4 Å². The van der Waals surface area contributed by atoms with Crippen LogP contribution in [0.5, 0.6) is 0 Å². The second kappa shape index (κ2) is 4.07. The minimum atomic E-state index is -0.102. The monoisotopic (exact) mass is 167 g/mol. The smallest absolute Gasteiger partial charge is 0.156 e. The molecule has 1 heterocycles. The van der Waals surface area contributed by atoms with Gasteiger partial charge in [-0.05, 0) is 26.1 Å². The Morgan fingerprint density at radius 2 is 2.50 bits per heavy atom. The van der Waals surface area contributed by atoms with Crippen molar-refractivity contribution in [2.24, 2.45) is 0 Å². The van der Waals surface area contributed by atoms with Gasteiger partial charge in [0, 0.05) is 0 Å². The Morgan fingerprint density at radius 3 is 3.00 bits per heavy atom. The number of rotatable bonds is 4. The maximum atomic E-state index is 11.3. The zero-order chi connectivity index (χ0) is 8.97. The summed E-state index contributed by atoms with van der Waals surface area (Å²) in [5, 5.41) is 2.89. The largest absolute Gasteiger partial charge is 0.469 e. The predicted molar refractivity (Wildman–Crippen MR) is 45.9 cm³/mol. The zero-order valence-electron chi connectivity index (χ0n) is 7.33. The van der Waals surface area contributed by atoms with Crippen LogP contribution in [0, 0.1) is 0 Å². The van der Waals surface area contributed by atoms with E-state index in [-0.39, 0.29) is 11.8 Å². The average Bonchev–Trinajstić information content (AvgIpc) is 2.55. The molecule has 3 heteroatoms. The van der Waals surface area contributed by atoms with Crippen molar-refractivity contribution in [3.8, 4) is 0 Å². The lowest BCUT2D eigenvalue weighted by Crippen LogP contribution is -2.31. The molecule has 0 aliphatic carbocycles. The summed E-state index contributed by atoms with van der Waals surface area (Å²) in [6, 6.07) is 3.49. The fraction of sp³-hybridized carbons (Fsp3) is 0.444. The van der Waals surface area contributed by atoms with Crippen molar-refractivity contribution < 1.29 is 9.21 Å². The normalized spacial score (nSPS) is 12.8. The Balaban J connectivity index is 2.47. The van der Waals surface area contributed by atoms with Gasteiger partial charge in [0.05, 0.1) is 18.7 Å². The summed E-state index contributed by atoms with van der Waals surface area (Å²) in [5.41, 5.74) is 0. The molecule has 1 unspecified atom stereocenters. The first kappa shape index (κ1) is 9.00. The van der Waals surface area contributed by atoms with E-state index < -0.39 is 0 Å². The van der Waals surface area contributed by atoms with E-state index in [0.29, 0.717) is 6.42 Å². The third-order valence-electron chi connectivity index (χ3n) is 1.84. The summed E-state index contributed by atoms with van der Waals surface area (Å²) in [7, 11) is 1.77. The quantitative estimate of drug-likeness (QED) is 0.727. The van der Waals surface area contributed by atoms with E-state index in [0.717, 1.165) is 5.76 Å². The average molecular weight is 167 g/mol. The third kappa shape index (κ3) is 2.20. The summed E-state index contributed by atoms with van der Waals surface area (Å²) in [6.07, 6.45) is 1.95. The van der Waals surface area contributed by atoms with Gasteiger partial charge in [-0.1, -0.05) is 0 Å². The first-order chi connectivity index (χ1) is 5.74. The number of hydrogen-bond acceptors (Lipinski definition) is 3. The second-order valence-electron chi connectivity index (χ2n) is 2.73. The molecule has 0 aliphatic heterocycles. The summed E-state index contributed by atoms with van der Waals surface area (Å²) >= 11 is 0. The molecule has 1 rings (SSSR count). The first-order valence-corrected chi connectivity index (χ1v) is 3.96. The number of likely N-dealkylation sites (N-methyl/N-ethyl adjacent to an activating group) is 1. The van der Waals surface area contributed by atoms with Crippen LogP contribution in [0.1, 0.15) is 12.7 Å². The fourth-order valence-corrected chi connectivity index (χ4v) is 0.899. The SMILES string of the molecule is CNC(C)C(=O)Cc1ccco1. The van der Waals surface area contributed by atoms with E-state index in [1.807, 2.05) is 6.92 Å². The van der Waals surface area contributed by atoms with Crippen LogP contribution in [0.2, 0.25) is 0 Å². The molecule has 66 valence electrons. The van der Waals surface area contributed by atoms with E-state index in [4.69, 9.17) is 4.42 Å². The fourth-order valence-electron chi connectivity index (χ4n) is 0.899. The van der Waals surface area contributed by atoms with Crippen molar-refractivity contribution in [2.75, 3.05) is 7.05 Å². The molecule has 1 aromatic rings. The highest BCUT2D eigenvalue weighted by atomic mass is 16.3. The van der Waals surface area contributed by atoms with Crippen molar-refractivity contribution >= 4 is 5.78 Å². The molecule has 12 heavy (non-hydrogen) atoms. The lowest BCUT2D eigenvalue weighted by molar-refractivity contribution is -0.120. The van der Waals surface area contributed by atoms with Crippen molar-refractivity contribution in [2.45, 2.75) is 19.4 Å². The molecule has 0 saturated heterocycles. The molecule has 1 N–H and O–H groups in total. The predicted octanol–water partition coefficient (Wildman–Crippen LogP) is 0.999. The summed E-state index contributed by atoms with van der Waals surface area (Å²) in [6.45, 7) is 1.84. The topological polar surface area (TPSA) is 42.2 Å². The van der Waals surface area contributed by atoms with Crippen LogP contribution < -0.4 is 5.32 Å². The summed E-state index contributed by atoms with van der Waals surface area (Å²) < 4.78 is 5.05. The Morgan fingerprint density at radius 1 is 1.75 bits per heavy atom. The number of carbonyl (C=O) groups is 1. The molecular weight excluding hydrogens is 154 g/mol. The van der Waals surface area contributed by atoms with Crippen LogP contribution >= 0.6 is 0 Å². The maximum Gasteiger partial charge on any atom is 0.156 e. The van der Waals surface area contributed by atoms with Gasteiger partial charge >= 0.3 is 0 Å². The molecule has 0 aliphatic rings.